The molecule has 0 radical (unpaired) electrons. The summed E-state index contributed by atoms with van der Waals surface area (Å²) in [6, 6.07) is 16.1. The number of para-hydroxylation sites is 1. The van der Waals surface area contributed by atoms with Crippen LogP contribution in [0, 0.1) is 0 Å². The molecule has 1 aromatic carbocycles. The monoisotopic (exact) mass is 329 g/mol. The second kappa shape index (κ2) is 6.13. The van der Waals surface area contributed by atoms with Crippen LogP contribution in [0.2, 0.25) is 0 Å². The number of likely N-dealkylation sites (N-methyl/N-ethyl adjacent to an activating group) is 1. The summed E-state index contributed by atoms with van der Waals surface area (Å²) >= 11 is 0. The summed E-state index contributed by atoms with van der Waals surface area (Å²) in [5, 5.41) is 0. The average Bonchev–Trinajstić information content (AvgIpc) is 2.86. The molecule has 0 N–H and O–H groups in total. The molecule has 0 spiro atoms. The van der Waals surface area contributed by atoms with Crippen LogP contribution in [-0.4, -0.2) is 22.9 Å². The van der Waals surface area contributed by atoms with Gasteiger partial charge < -0.3 is 4.90 Å². The van der Waals surface area contributed by atoms with Crippen molar-refractivity contribution in [3.05, 3.63) is 90.0 Å². The van der Waals surface area contributed by atoms with E-state index in [2.05, 4.69) is 16.0 Å². The molecule has 0 fully saturated rings. The number of benzene rings is 1. The van der Waals surface area contributed by atoms with Gasteiger partial charge in [-0.25, -0.2) is 0 Å². The number of carbonyl (C=O) groups is 1. The number of hydrogen-bond acceptors (Lipinski definition) is 3. The molecular formula is C21H19N3O. The maximum atomic E-state index is 13.4. The first-order valence-electron chi connectivity index (χ1n) is 8.36. The molecule has 0 saturated heterocycles. The fourth-order valence-corrected chi connectivity index (χ4v) is 3.82. The quantitative estimate of drug-likeness (QED) is 0.738. The number of anilines is 1. The van der Waals surface area contributed by atoms with E-state index in [1.807, 2.05) is 49.5 Å². The van der Waals surface area contributed by atoms with Crippen molar-refractivity contribution in [1.82, 2.24) is 9.97 Å². The van der Waals surface area contributed by atoms with Crippen LogP contribution in [0.1, 0.15) is 16.7 Å². The highest BCUT2D eigenvalue weighted by molar-refractivity contribution is 6.08. The zero-order chi connectivity index (χ0) is 17.3. The highest BCUT2D eigenvalue weighted by Crippen LogP contribution is 2.45. The summed E-state index contributed by atoms with van der Waals surface area (Å²) in [5.41, 5.74) is 3.71. The molecule has 0 bridgehead atoms. The zero-order valence-electron chi connectivity index (χ0n) is 14.1. The van der Waals surface area contributed by atoms with Crippen molar-refractivity contribution in [2.45, 2.75) is 18.3 Å². The molecule has 4 nitrogen and oxygen atoms in total. The highest BCUT2D eigenvalue weighted by Gasteiger charge is 2.49. The molecule has 0 unspecified atom stereocenters. The Morgan fingerprint density at radius 3 is 1.92 bits per heavy atom. The van der Waals surface area contributed by atoms with E-state index < -0.39 is 5.41 Å². The van der Waals surface area contributed by atoms with Gasteiger partial charge in [-0.3, -0.25) is 14.8 Å². The Balaban J connectivity index is 1.86. The van der Waals surface area contributed by atoms with Crippen LogP contribution in [0.3, 0.4) is 0 Å². The molecule has 3 heterocycles. The molecule has 0 atom stereocenters. The molecule has 2 aromatic heterocycles. The van der Waals surface area contributed by atoms with Crippen molar-refractivity contribution < 1.29 is 4.79 Å². The average molecular weight is 329 g/mol. The van der Waals surface area contributed by atoms with Crippen molar-refractivity contribution in [2.24, 2.45) is 0 Å². The minimum absolute atomic E-state index is 0.141. The Hall–Kier alpha value is -3.01. The Bertz CT molecular complexity index is 852. The second-order valence-corrected chi connectivity index (χ2v) is 6.53. The van der Waals surface area contributed by atoms with Crippen LogP contribution in [0.5, 0.6) is 0 Å². The Morgan fingerprint density at radius 2 is 1.36 bits per heavy atom. The van der Waals surface area contributed by atoms with Crippen LogP contribution in [0.4, 0.5) is 5.69 Å². The number of carbonyl (C=O) groups excluding carboxylic acids is 1. The van der Waals surface area contributed by atoms with Gasteiger partial charge in [0.2, 0.25) is 5.91 Å². The van der Waals surface area contributed by atoms with E-state index in [1.54, 1.807) is 29.7 Å². The molecular weight excluding hydrogens is 310 g/mol. The van der Waals surface area contributed by atoms with Crippen molar-refractivity contribution in [3.63, 3.8) is 0 Å². The number of pyridine rings is 2. The third kappa shape index (κ3) is 2.60. The van der Waals surface area contributed by atoms with Gasteiger partial charge in [0.05, 0.1) is 5.41 Å². The van der Waals surface area contributed by atoms with Gasteiger partial charge in [-0.1, -0.05) is 18.2 Å². The molecule has 4 rings (SSSR count). The van der Waals surface area contributed by atoms with E-state index in [1.165, 1.54) is 0 Å². The zero-order valence-corrected chi connectivity index (χ0v) is 14.1. The van der Waals surface area contributed by atoms with E-state index in [0.717, 1.165) is 22.4 Å². The molecule has 25 heavy (non-hydrogen) atoms. The number of rotatable bonds is 4. The van der Waals surface area contributed by atoms with Crippen molar-refractivity contribution in [2.75, 3.05) is 11.9 Å². The van der Waals surface area contributed by atoms with Crippen LogP contribution in [-0.2, 0) is 23.1 Å². The molecule has 4 heteroatoms. The van der Waals surface area contributed by atoms with E-state index in [9.17, 15) is 4.79 Å². The van der Waals surface area contributed by atoms with Gasteiger partial charge in [0.25, 0.3) is 0 Å². The second-order valence-electron chi connectivity index (χ2n) is 6.53. The smallest absolute Gasteiger partial charge is 0.238 e. The van der Waals surface area contributed by atoms with Gasteiger partial charge >= 0.3 is 0 Å². The first-order chi connectivity index (χ1) is 12.2. The summed E-state index contributed by atoms with van der Waals surface area (Å²) in [6.45, 7) is 0. The Morgan fingerprint density at radius 1 is 0.840 bits per heavy atom. The maximum Gasteiger partial charge on any atom is 0.238 e. The number of hydrogen-bond donors (Lipinski definition) is 0. The van der Waals surface area contributed by atoms with Crippen molar-refractivity contribution in [3.8, 4) is 0 Å². The fourth-order valence-electron chi connectivity index (χ4n) is 3.82. The van der Waals surface area contributed by atoms with Gasteiger partial charge in [-0.15, -0.1) is 0 Å². The van der Waals surface area contributed by atoms with Gasteiger partial charge in [0.1, 0.15) is 0 Å². The van der Waals surface area contributed by atoms with Crippen LogP contribution in [0.15, 0.2) is 73.3 Å². The number of fused-ring (bicyclic) bond motifs is 1. The van der Waals surface area contributed by atoms with Crippen LogP contribution in [0.25, 0.3) is 0 Å². The first-order valence-corrected chi connectivity index (χ1v) is 8.36. The lowest BCUT2D eigenvalue weighted by molar-refractivity contribution is -0.122. The van der Waals surface area contributed by atoms with E-state index in [-0.39, 0.29) is 5.91 Å². The minimum atomic E-state index is -0.603. The predicted octanol–water partition coefficient (Wildman–Crippen LogP) is 3.18. The molecule has 3 aromatic rings. The van der Waals surface area contributed by atoms with Crippen LogP contribution < -0.4 is 4.90 Å². The molecule has 0 saturated carbocycles. The standard InChI is InChI=1S/C21H19N3O/c1-24-19-5-3-2-4-18(19)21(20(24)25,14-16-6-10-22-11-7-16)15-17-8-12-23-13-9-17/h2-13H,14-15H2,1H3. The van der Waals surface area contributed by atoms with Crippen molar-refractivity contribution >= 4 is 11.6 Å². The molecule has 0 aliphatic carbocycles. The number of amides is 1. The Kier molecular flexibility index (Phi) is 3.80. The van der Waals surface area contributed by atoms with Crippen molar-refractivity contribution in [1.29, 1.82) is 0 Å². The van der Waals surface area contributed by atoms with Gasteiger partial charge in [-0.2, -0.15) is 0 Å². The SMILES string of the molecule is CN1C(=O)C(Cc2ccncc2)(Cc2ccncc2)c2ccccc21. The normalized spacial score (nSPS) is 15.2. The largest absolute Gasteiger partial charge is 0.314 e. The van der Waals surface area contributed by atoms with E-state index >= 15 is 0 Å². The number of nitrogens with zero attached hydrogens (tertiary/aromatic N) is 3. The summed E-state index contributed by atoms with van der Waals surface area (Å²) in [6.07, 6.45) is 8.43. The van der Waals surface area contributed by atoms with Crippen LogP contribution >= 0.6 is 0 Å². The summed E-state index contributed by atoms with van der Waals surface area (Å²) < 4.78 is 0. The summed E-state index contributed by atoms with van der Waals surface area (Å²) in [7, 11) is 1.86. The minimum Gasteiger partial charge on any atom is -0.314 e. The number of aromatic nitrogens is 2. The summed E-state index contributed by atoms with van der Waals surface area (Å²) in [5.74, 6) is 0.141. The topological polar surface area (TPSA) is 46.1 Å². The lowest BCUT2D eigenvalue weighted by Crippen LogP contribution is -2.42. The third-order valence-electron chi connectivity index (χ3n) is 5.01. The Labute approximate surface area is 147 Å². The third-order valence-corrected chi connectivity index (χ3v) is 5.01. The van der Waals surface area contributed by atoms with Gasteiger partial charge in [-0.05, 0) is 59.9 Å². The fraction of sp³-hybridized carbons (Fsp3) is 0.190. The van der Waals surface area contributed by atoms with E-state index in [0.29, 0.717) is 12.8 Å². The summed E-state index contributed by atoms with van der Waals surface area (Å²) in [4.78, 5) is 23.4. The molecule has 1 amide bonds. The molecule has 124 valence electrons. The van der Waals surface area contributed by atoms with Gasteiger partial charge in [0.15, 0.2) is 0 Å². The van der Waals surface area contributed by atoms with E-state index in [4.69, 9.17) is 0 Å². The molecule has 1 aliphatic heterocycles. The maximum absolute atomic E-state index is 13.4. The highest BCUT2D eigenvalue weighted by atomic mass is 16.2. The van der Waals surface area contributed by atoms with Gasteiger partial charge in [0, 0.05) is 37.5 Å². The lowest BCUT2D eigenvalue weighted by Gasteiger charge is -2.29. The lowest BCUT2D eigenvalue weighted by atomic mass is 9.72. The predicted molar refractivity (Wildman–Crippen MR) is 97.4 cm³/mol. The first kappa shape index (κ1) is 15.5. The molecule has 1 aliphatic rings.